The van der Waals surface area contributed by atoms with Gasteiger partial charge in [0.1, 0.15) is 0 Å². The Morgan fingerprint density at radius 3 is 2.17 bits per heavy atom. The van der Waals surface area contributed by atoms with E-state index in [2.05, 4.69) is 24.0 Å². The summed E-state index contributed by atoms with van der Waals surface area (Å²) in [5.74, 6) is 0. The lowest BCUT2D eigenvalue weighted by molar-refractivity contribution is 0.381. The molecule has 0 bridgehead atoms. The molecule has 0 atom stereocenters. The summed E-state index contributed by atoms with van der Waals surface area (Å²) in [5, 5.41) is 0. The van der Waals surface area contributed by atoms with Gasteiger partial charge in [0.15, 0.2) is 0 Å². The van der Waals surface area contributed by atoms with Gasteiger partial charge in [0, 0.05) is 24.5 Å². The molecule has 1 fully saturated rings. The molecule has 2 rings (SSSR count). The fourth-order valence-electron chi connectivity index (χ4n) is 1.83. The molecule has 1 aromatic rings. The van der Waals surface area contributed by atoms with Crippen LogP contribution in [0.1, 0.15) is 18.4 Å². The van der Waals surface area contributed by atoms with E-state index in [1.54, 1.807) is 0 Å². The molecule has 0 spiro atoms. The fourth-order valence-corrected chi connectivity index (χ4v) is 1.83. The molecule has 6 nitrogen and oxygen atoms in total. The van der Waals surface area contributed by atoms with Crippen molar-refractivity contribution in [3.8, 4) is 0 Å². The van der Waals surface area contributed by atoms with E-state index >= 15 is 0 Å². The molecular formula is C11H18N2O4S. The van der Waals surface area contributed by atoms with E-state index in [-0.39, 0.29) is 0 Å². The van der Waals surface area contributed by atoms with Crippen LogP contribution in [0.25, 0.3) is 0 Å². The molecule has 4 N–H and O–H groups in total. The van der Waals surface area contributed by atoms with Crippen LogP contribution in [0.2, 0.25) is 0 Å². The van der Waals surface area contributed by atoms with Crippen molar-refractivity contribution in [1.82, 2.24) is 0 Å². The first-order valence-electron chi connectivity index (χ1n) is 5.58. The number of rotatable bonds is 1. The highest BCUT2D eigenvalue weighted by Gasteiger charge is 2.12. The first-order chi connectivity index (χ1) is 8.27. The van der Waals surface area contributed by atoms with Crippen LogP contribution in [-0.2, 0) is 10.4 Å². The molecule has 1 aliphatic heterocycles. The van der Waals surface area contributed by atoms with Crippen LogP contribution in [0.15, 0.2) is 18.2 Å². The Morgan fingerprint density at radius 2 is 1.72 bits per heavy atom. The molecule has 0 aliphatic carbocycles. The zero-order valence-corrected chi connectivity index (χ0v) is 11.0. The van der Waals surface area contributed by atoms with Crippen LogP contribution in [-0.4, -0.2) is 30.6 Å². The highest BCUT2D eigenvalue weighted by molar-refractivity contribution is 7.79. The molecular weight excluding hydrogens is 256 g/mol. The van der Waals surface area contributed by atoms with E-state index in [9.17, 15) is 0 Å². The molecule has 1 saturated heterocycles. The minimum Gasteiger partial charge on any atom is -0.399 e. The molecule has 0 unspecified atom stereocenters. The molecule has 1 aliphatic rings. The van der Waals surface area contributed by atoms with Crippen LogP contribution in [0.4, 0.5) is 11.4 Å². The van der Waals surface area contributed by atoms with Crippen molar-refractivity contribution in [1.29, 1.82) is 0 Å². The van der Waals surface area contributed by atoms with E-state index < -0.39 is 10.4 Å². The third kappa shape index (κ3) is 5.35. The average molecular weight is 274 g/mol. The molecule has 18 heavy (non-hydrogen) atoms. The van der Waals surface area contributed by atoms with E-state index in [1.165, 1.54) is 37.2 Å². The van der Waals surface area contributed by atoms with Gasteiger partial charge in [-0.25, -0.2) is 0 Å². The zero-order valence-electron chi connectivity index (χ0n) is 10.2. The Bertz CT molecular complexity index is 488. The van der Waals surface area contributed by atoms with E-state index in [0.717, 1.165) is 5.69 Å². The number of nitrogens with two attached hydrogens (primary N) is 1. The van der Waals surface area contributed by atoms with Crippen LogP contribution < -0.4 is 10.6 Å². The van der Waals surface area contributed by atoms with Gasteiger partial charge in [-0.2, -0.15) is 8.42 Å². The second-order valence-corrected chi connectivity index (χ2v) is 5.08. The number of hydrogen-bond acceptors (Lipinski definition) is 4. The molecule has 0 amide bonds. The summed E-state index contributed by atoms with van der Waals surface area (Å²) in [6.45, 7) is 4.46. The van der Waals surface area contributed by atoms with Gasteiger partial charge in [-0.1, -0.05) is 0 Å². The fraction of sp³-hybridized carbons (Fsp3) is 0.455. The number of benzene rings is 1. The largest absolute Gasteiger partial charge is 0.399 e. The number of hydrogen-bond donors (Lipinski definition) is 3. The summed E-state index contributed by atoms with van der Waals surface area (Å²) < 4.78 is 31.6. The summed E-state index contributed by atoms with van der Waals surface area (Å²) in [7, 11) is -4.67. The van der Waals surface area contributed by atoms with Crippen molar-refractivity contribution < 1.29 is 17.5 Å². The highest BCUT2D eigenvalue weighted by atomic mass is 32.3. The zero-order chi connectivity index (χ0) is 13.8. The normalized spacial score (nSPS) is 15.2. The standard InChI is InChI=1S/C11H16N2.H2O4S/c1-9-8-10(4-5-11(9)12)13-6-2-3-7-13;1-5(2,3)4/h4-5,8H,2-3,6-7,12H2,1H3;(H2,1,2,3,4). The summed E-state index contributed by atoms with van der Waals surface area (Å²) >= 11 is 0. The Hall–Kier alpha value is -1.31. The van der Waals surface area contributed by atoms with Gasteiger partial charge in [-0.15, -0.1) is 0 Å². The maximum absolute atomic E-state index is 8.74. The average Bonchev–Trinajstić information content (AvgIpc) is 2.72. The molecule has 102 valence electrons. The molecule has 1 heterocycles. The van der Waals surface area contributed by atoms with E-state index in [4.69, 9.17) is 23.3 Å². The summed E-state index contributed by atoms with van der Waals surface area (Å²) in [4.78, 5) is 2.42. The maximum atomic E-state index is 8.74. The van der Waals surface area contributed by atoms with Crippen molar-refractivity contribution in [2.75, 3.05) is 23.7 Å². The van der Waals surface area contributed by atoms with Gasteiger partial charge in [0.05, 0.1) is 0 Å². The monoisotopic (exact) mass is 274 g/mol. The predicted molar refractivity (Wildman–Crippen MR) is 71.2 cm³/mol. The second-order valence-electron chi connectivity index (χ2n) is 4.18. The maximum Gasteiger partial charge on any atom is 0.394 e. The van der Waals surface area contributed by atoms with Gasteiger partial charge < -0.3 is 10.6 Å². The number of aryl methyl sites for hydroxylation is 1. The molecule has 0 saturated carbocycles. The lowest BCUT2D eigenvalue weighted by Crippen LogP contribution is -2.17. The molecule has 7 heteroatoms. The van der Waals surface area contributed by atoms with Gasteiger partial charge in [-0.05, 0) is 43.5 Å². The first-order valence-corrected chi connectivity index (χ1v) is 6.98. The third-order valence-electron chi connectivity index (χ3n) is 2.72. The lowest BCUT2D eigenvalue weighted by Gasteiger charge is -2.18. The van der Waals surface area contributed by atoms with Crippen molar-refractivity contribution >= 4 is 21.8 Å². The summed E-state index contributed by atoms with van der Waals surface area (Å²) in [6, 6.07) is 6.30. The quantitative estimate of drug-likeness (QED) is 0.530. The topological polar surface area (TPSA) is 104 Å². The van der Waals surface area contributed by atoms with E-state index in [1.807, 2.05) is 6.07 Å². The Kier molecular flexibility index (Phi) is 4.94. The molecule has 0 radical (unpaired) electrons. The van der Waals surface area contributed by atoms with E-state index in [0.29, 0.717) is 0 Å². The Morgan fingerprint density at radius 1 is 1.22 bits per heavy atom. The van der Waals surface area contributed by atoms with Crippen LogP contribution in [0.3, 0.4) is 0 Å². The number of anilines is 2. The van der Waals surface area contributed by atoms with Gasteiger partial charge >= 0.3 is 10.4 Å². The van der Waals surface area contributed by atoms with Gasteiger partial charge in [-0.3, -0.25) is 9.11 Å². The minimum atomic E-state index is -4.67. The summed E-state index contributed by atoms with van der Waals surface area (Å²) in [5.41, 5.74) is 9.17. The number of nitrogens with zero attached hydrogens (tertiary/aromatic N) is 1. The van der Waals surface area contributed by atoms with Crippen LogP contribution >= 0.6 is 0 Å². The lowest BCUT2D eigenvalue weighted by atomic mass is 10.2. The Balaban J connectivity index is 0.000000280. The second kappa shape index (κ2) is 6.03. The van der Waals surface area contributed by atoms with Crippen molar-refractivity contribution in [3.63, 3.8) is 0 Å². The van der Waals surface area contributed by atoms with Gasteiger partial charge in [0.25, 0.3) is 0 Å². The van der Waals surface area contributed by atoms with Crippen molar-refractivity contribution in [2.24, 2.45) is 0 Å². The molecule has 0 aromatic heterocycles. The van der Waals surface area contributed by atoms with Crippen LogP contribution in [0.5, 0.6) is 0 Å². The third-order valence-corrected chi connectivity index (χ3v) is 2.72. The molecule has 1 aromatic carbocycles. The summed E-state index contributed by atoms with van der Waals surface area (Å²) in [6.07, 6.45) is 2.65. The number of nitrogen functional groups attached to an aromatic ring is 1. The van der Waals surface area contributed by atoms with Crippen LogP contribution in [0, 0.1) is 6.92 Å². The predicted octanol–water partition coefficient (Wildman–Crippen LogP) is 1.52. The van der Waals surface area contributed by atoms with Gasteiger partial charge in [0.2, 0.25) is 0 Å². The van der Waals surface area contributed by atoms with Crippen molar-refractivity contribution in [3.05, 3.63) is 23.8 Å². The van der Waals surface area contributed by atoms with Crippen molar-refractivity contribution in [2.45, 2.75) is 19.8 Å². The smallest absolute Gasteiger partial charge is 0.394 e. The SMILES string of the molecule is Cc1cc(N2CCCC2)ccc1N.O=S(=O)(O)O. The minimum absolute atomic E-state index is 0.892. The highest BCUT2D eigenvalue weighted by Crippen LogP contribution is 2.23. The first kappa shape index (κ1) is 14.7. The Labute approximate surface area is 107 Å².